The van der Waals surface area contributed by atoms with E-state index in [0.717, 1.165) is 24.5 Å². The third kappa shape index (κ3) is 3.97. The van der Waals surface area contributed by atoms with Crippen LogP contribution in [-0.4, -0.2) is 68.0 Å². The van der Waals surface area contributed by atoms with Gasteiger partial charge in [-0.1, -0.05) is 19.1 Å². The van der Waals surface area contributed by atoms with Gasteiger partial charge in [0.2, 0.25) is 5.91 Å². The Bertz CT molecular complexity index is 609. The first kappa shape index (κ1) is 18.2. The maximum atomic E-state index is 12.8. The molecule has 0 aromatic heterocycles. The molecule has 0 bridgehead atoms. The smallest absolute Gasteiger partial charge is 0.241 e. The molecule has 25 heavy (non-hydrogen) atoms. The molecule has 0 aliphatic carbocycles. The lowest BCUT2D eigenvalue weighted by molar-refractivity contribution is -0.123. The number of nitrogens with zero attached hydrogens (tertiary/aromatic N) is 2. The van der Waals surface area contributed by atoms with E-state index < -0.39 is 5.60 Å². The summed E-state index contributed by atoms with van der Waals surface area (Å²) in [6, 6.07) is 7.66. The van der Waals surface area contributed by atoms with Gasteiger partial charge >= 0.3 is 0 Å². The standard InChI is InChI=1S/C19H28N2O4/c1-15-13-20(9-7-19(15,23)8-11-24-2)14-18(22)21-10-12-25-17-6-4-3-5-16(17)21/h3-6,15,23H,7-14H2,1-2H3/t15-,19-/m0/s1. The Morgan fingerprint density at radius 2 is 2.20 bits per heavy atom. The number of benzene rings is 1. The number of methoxy groups -OCH3 is 1. The van der Waals surface area contributed by atoms with Gasteiger partial charge in [-0.3, -0.25) is 9.69 Å². The molecule has 3 rings (SSSR count). The molecule has 2 heterocycles. The number of carbonyl (C=O) groups excluding carboxylic acids is 1. The molecule has 1 aromatic rings. The van der Waals surface area contributed by atoms with Gasteiger partial charge in [0.05, 0.1) is 24.4 Å². The van der Waals surface area contributed by atoms with Crippen molar-refractivity contribution >= 4 is 11.6 Å². The number of rotatable bonds is 5. The predicted octanol–water partition coefficient (Wildman–Crippen LogP) is 1.52. The third-order valence-corrected chi connectivity index (χ3v) is 5.44. The van der Waals surface area contributed by atoms with E-state index in [9.17, 15) is 9.90 Å². The SMILES string of the molecule is COCC[C@@]1(O)CCN(CC(=O)N2CCOc3ccccc32)C[C@@H]1C. The number of carbonyl (C=O) groups is 1. The maximum Gasteiger partial charge on any atom is 0.241 e. The minimum absolute atomic E-state index is 0.0882. The monoisotopic (exact) mass is 348 g/mol. The average Bonchev–Trinajstić information content (AvgIpc) is 2.63. The number of hydrogen-bond donors (Lipinski definition) is 1. The van der Waals surface area contributed by atoms with Crippen molar-refractivity contribution in [3.05, 3.63) is 24.3 Å². The highest BCUT2D eigenvalue weighted by molar-refractivity contribution is 5.96. The van der Waals surface area contributed by atoms with Gasteiger partial charge in [-0.25, -0.2) is 0 Å². The molecule has 1 N–H and O–H groups in total. The zero-order valence-corrected chi connectivity index (χ0v) is 15.1. The van der Waals surface area contributed by atoms with Gasteiger partial charge in [-0.05, 0) is 30.9 Å². The predicted molar refractivity (Wildman–Crippen MR) is 96.0 cm³/mol. The molecule has 138 valence electrons. The lowest BCUT2D eigenvalue weighted by Gasteiger charge is -2.43. The topological polar surface area (TPSA) is 62.2 Å². The summed E-state index contributed by atoms with van der Waals surface area (Å²) < 4.78 is 10.7. The second kappa shape index (κ2) is 7.72. The summed E-state index contributed by atoms with van der Waals surface area (Å²) in [6.07, 6.45) is 1.31. The van der Waals surface area contributed by atoms with Gasteiger partial charge in [0.1, 0.15) is 12.4 Å². The Balaban J connectivity index is 1.60. The van der Waals surface area contributed by atoms with Crippen molar-refractivity contribution in [2.45, 2.75) is 25.4 Å². The molecule has 0 radical (unpaired) electrons. The van der Waals surface area contributed by atoms with Crippen molar-refractivity contribution in [2.75, 3.05) is 51.4 Å². The van der Waals surface area contributed by atoms with Crippen molar-refractivity contribution < 1.29 is 19.4 Å². The first-order chi connectivity index (χ1) is 12.0. The van der Waals surface area contributed by atoms with Crippen LogP contribution in [-0.2, 0) is 9.53 Å². The summed E-state index contributed by atoms with van der Waals surface area (Å²) in [5.41, 5.74) is 0.154. The molecular weight excluding hydrogens is 320 g/mol. The fourth-order valence-corrected chi connectivity index (χ4v) is 3.75. The van der Waals surface area contributed by atoms with E-state index in [-0.39, 0.29) is 11.8 Å². The molecule has 2 atom stereocenters. The second-order valence-electron chi connectivity index (χ2n) is 7.09. The molecule has 1 aromatic carbocycles. The summed E-state index contributed by atoms with van der Waals surface area (Å²) in [5, 5.41) is 10.8. The zero-order valence-electron chi connectivity index (χ0n) is 15.1. The van der Waals surface area contributed by atoms with Gasteiger partial charge in [-0.15, -0.1) is 0 Å². The Hall–Kier alpha value is -1.63. The molecule has 6 heteroatoms. The van der Waals surface area contributed by atoms with Gasteiger partial charge in [0.25, 0.3) is 0 Å². The molecule has 0 unspecified atom stereocenters. The zero-order chi connectivity index (χ0) is 17.9. The van der Waals surface area contributed by atoms with Crippen LogP contribution in [0.25, 0.3) is 0 Å². The average molecular weight is 348 g/mol. The number of hydrogen-bond acceptors (Lipinski definition) is 5. The summed E-state index contributed by atoms with van der Waals surface area (Å²) in [6.45, 7) is 5.53. The molecule has 1 amide bonds. The van der Waals surface area contributed by atoms with E-state index in [1.54, 1.807) is 7.11 Å². The lowest BCUT2D eigenvalue weighted by atomic mass is 9.80. The summed E-state index contributed by atoms with van der Waals surface area (Å²) >= 11 is 0. The minimum atomic E-state index is -0.693. The van der Waals surface area contributed by atoms with Crippen molar-refractivity contribution in [3.8, 4) is 5.75 Å². The lowest BCUT2D eigenvalue weighted by Crippen LogP contribution is -2.54. The molecule has 2 aliphatic heterocycles. The minimum Gasteiger partial charge on any atom is -0.490 e. The van der Waals surface area contributed by atoms with Crippen LogP contribution in [0.3, 0.4) is 0 Å². The van der Waals surface area contributed by atoms with E-state index in [2.05, 4.69) is 11.8 Å². The largest absolute Gasteiger partial charge is 0.490 e. The third-order valence-electron chi connectivity index (χ3n) is 5.44. The quantitative estimate of drug-likeness (QED) is 0.874. The Labute approximate surface area is 149 Å². The van der Waals surface area contributed by atoms with Crippen molar-refractivity contribution in [3.63, 3.8) is 0 Å². The van der Waals surface area contributed by atoms with Crippen LogP contribution in [0.2, 0.25) is 0 Å². The summed E-state index contributed by atoms with van der Waals surface area (Å²) in [4.78, 5) is 16.8. The normalized spacial score (nSPS) is 26.8. The molecule has 0 spiro atoms. The number of amides is 1. The number of anilines is 1. The van der Waals surface area contributed by atoms with Crippen LogP contribution in [0.5, 0.6) is 5.75 Å². The van der Waals surface area contributed by atoms with Crippen LogP contribution >= 0.6 is 0 Å². The van der Waals surface area contributed by atoms with Crippen LogP contribution in [0.1, 0.15) is 19.8 Å². The molecule has 1 saturated heterocycles. The van der Waals surface area contributed by atoms with Gasteiger partial charge in [0, 0.05) is 26.8 Å². The number of piperidine rings is 1. The van der Waals surface area contributed by atoms with E-state index >= 15 is 0 Å². The highest BCUT2D eigenvalue weighted by Gasteiger charge is 2.39. The molecule has 1 fully saturated rings. The van der Waals surface area contributed by atoms with Gasteiger partial charge in [0.15, 0.2) is 0 Å². The van der Waals surface area contributed by atoms with Crippen molar-refractivity contribution in [1.29, 1.82) is 0 Å². The van der Waals surface area contributed by atoms with Gasteiger partial charge < -0.3 is 19.5 Å². The van der Waals surface area contributed by atoms with E-state index in [1.807, 2.05) is 29.2 Å². The summed E-state index contributed by atoms with van der Waals surface area (Å²) in [5.74, 6) is 0.967. The van der Waals surface area contributed by atoms with Crippen LogP contribution < -0.4 is 9.64 Å². The van der Waals surface area contributed by atoms with E-state index in [4.69, 9.17) is 9.47 Å². The molecule has 0 saturated carbocycles. The number of ether oxygens (including phenoxy) is 2. The highest BCUT2D eigenvalue weighted by atomic mass is 16.5. The van der Waals surface area contributed by atoms with Crippen LogP contribution in [0.4, 0.5) is 5.69 Å². The van der Waals surface area contributed by atoms with Crippen molar-refractivity contribution in [1.82, 2.24) is 4.90 Å². The number of fused-ring (bicyclic) bond motifs is 1. The fourth-order valence-electron chi connectivity index (χ4n) is 3.75. The Morgan fingerprint density at radius 3 is 2.96 bits per heavy atom. The van der Waals surface area contributed by atoms with Crippen molar-refractivity contribution in [2.24, 2.45) is 5.92 Å². The van der Waals surface area contributed by atoms with E-state index in [1.165, 1.54) is 0 Å². The Kier molecular flexibility index (Phi) is 5.61. The Morgan fingerprint density at radius 1 is 1.40 bits per heavy atom. The van der Waals surface area contributed by atoms with E-state index in [0.29, 0.717) is 39.1 Å². The highest BCUT2D eigenvalue weighted by Crippen LogP contribution is 2.33. The first-order valence-corrected chi connectivity index (χ1v) is 8.99. The number of aliphatic hydroxyl groups is 1. The number of likely N-dealkylation sites (tertiary alicyclic amines) is 1. The summed E-state index contributed by atoms with van der Waals surface area (Å²) in [7, 11) is 1.65. The maximum absolute atomic E-state index is 12.8. The molecular formula is C19H28N2O4. The first-order valence-electron chi connectivity index (χ1n) is 8.99. The van der Waals surface area contributed by atoms with Crippen LogP contribution in [0, 0.1) is 5.92 Å². The number of para-hydroxylation sites is 2. The van der Waals surface area contributed by atoms with Crippen LogP contribution in [0.15, 0.2) is 24.3 Å². The molecule has 6 nitrogen and oxygen atoms in total. The van der Waals surface area contributed by atoms with Gasteiger partial charge in [-0.2, -0.15) is 0 Å². The fraction of sp³-hybridized carbons (Fsp3) is 0.632. The molecule has 2 aliphatic rings. The second-order valence-corrected chi connectivity index (χ2v) is 7.09.